The predicted molar refractivity (Wildman–Crippen MR) is 113 cm³/mol. The lowest BCUT2D eigenvalue weighted by Gasteiger charge is -2.23. The molecule has 0 radical (unpaired) electrons. The van der Waals surface area contributed by atoms with Crippen LogP contribution in [0.5, 0.6) is 0 Å². The molecule has 0 bridgehead atoms. The van der Waals surface area contributed by atoms with Gasteiger partial charge in [0.25, 0.3) is 0 Å². The molecule has 0 aliphatic carbocycles. The lowest BCUT2D eigenvalue weighted by molar-refractivity contribution is -0.139. The maximum Gasteiger partial charge on any atom is 0.414 e. The number of carbonyl (C=O) groups excluding carboxylic acids is 4. The molecule has 2 atom stereocenters. The zero-order valence-corrected chi connectivity index (χ0v) is 18.2. The predicted octanol–water partition coefficient (Wildman–Crippen LogP) is 2.09. The van der Waals surface area contributed by atoms with E-state index in [1.807, 2.05) is 30.3 Å². The molecular weight excluding hydrogens is 402 g/mol. The smallest absolute Gasteiger partial charge is 0.414 e. The van der Waals surface area contributed by atoms with Gasteiger partial charge in [0, 0.05) is 13.0 Å². The quantitative estimate of drug-likeness (QED) is 0.424. The van der Waals surface area contributed by atoms with Gasteiger partial charge in [0.05, 0.1) is 6.04 Å². The van der Waals surface area contributed by atoms with Gasteiger partial charge < -0.3 is 25.4 Å². The number of Topliss-reactive ketones (excluding diaryl/α,β-unsaturated/α-hetero) is 1. The van der Waals surface area contributed by atoms with E-state index in [4.69, 9.17) is 9.47 Å². The Bertz CT molecular complexity index is 769. The fraction of sp³-hybridized carbons (Fsp3) is 0.545. The molecule has 170 valence electrons. The van der Waals surface area contributed by atoms with Crippen LogP contribution in [0, 0.1) is 0 Å². The molecule has 31 heavy (non-hydrogen) atoms. The first-order chi connectivity index (χ1) is 14.6. The zero-order chi connectivity index (χ0) is 22.9. The highest BCUT2D eigenvalue weighted by atomic mass is 16.6. The topological polar surface area (TPSA) is 123 Å². The highest BCUT2D eigenvalue weighted by molar-refractivity contribution is 5.89. The minimum Gasteiger partial charge on any atom is -0.444 e. The number of amides is 2. The number of nitrogens with one attached hydrogen (secondary N) is 3. The Morgan fingerprint density at radius 1 is 1.13 bits per heavy atom. The van der Waals surface area contributed by atoms with Gasteiger partial charge in [-0.15, -0.1) is 0 Å². The number of benzene rings is 1. The monoisotopic (exact) mass is 433 g/mol. The van der Waals surface area contributed by atoms with Gasteiger partial charge in [-0.3, -0.25) is 4.79 Å². The summed E-state index contributed by atoms with van der Waals surface area (Å²) >= 11 is 0. The summed E-state index contributed by atoms with van der Waals surface area (Å²) in [4.78, 5) is 48.5. The van der Waals surface area contributed by atoms with Gasteiger partial charge in [0.15, 0.2) is 5.78 Å². The van der Waals surface area contributed by atoms with E-state index in [9.17, 15) is 19.2 Å². The lowest BCUT2D eigenvalue weighted by Crippen LogP contribution is -2.45. The number of hydrogen-bond acceptors (Lipinski definition) is 7. The minimum absolute atomic E-state index is 0.0235. The Morgan fingerprint density at radius 3 is 2.45 bits per heavy atom. The van der Waals surface area contributed by atoms with Gasteiger partial charge >= 0.3 is 18.2 Å². The molecule has 1 fully saturated rings. The second-order valence-electron chi connectivity index (χ2n) is 8.39. The van der Waals surface area contributed by atoms with Crippen molar-refractivity contribution in [2.45, 2.75) is 64.1 Å². The second-order valence-corrected chi connectivity index (χ2v) is 8.39. The molecule has 1 heterocycles. The summed E-state index contributed by atoms with van der Waals surface area (Å²) in [5, 5.41) is 7.96. The molecule has 2 amide bonds. The van der Waals surface area contributed by atoms with E-state index in [2.05, 4.69) is 16.0 Å². The van der Waals surface area contributed by atoms with Gasteiger partial charge in [-0.05, 0) is 52.1 Å². The van der Waals surface area contributed by atoms with Crippen LogP contribution >= 0.6 is 0 Å². The standard InChI is InChI=1S/C22H31N3O6/c1-22(2,3)31-21(29)25-17(14-15-8-5-4-6-9-15)18(26)11-13-24-20(28)30-19(27)16-10-7-12-23-16/h4-6,8-9,16-17,23H,7,10-14H2,1-3H3,(H,24,28)(H,25,29)/t16-,17?/m0/s1. The van der Waals surface area contributed by atoms with E-state index >= 15 is 0 Å². The highest BCUT2D eigenvalue weighted by Crippen LogP contribution is 2.10. The van der Waals surface area contributed by atoms with Gasteiger partial charge in [0.1, 0.15) is 11.6 Å². The minimum atomic E-state index is -0.897. The molecule has 1 aliphatic rings. The number of hydrogen-bond donors (Lipinski definition) is 3. The molecule has 0 saturated carbocycles. The van der Waals surface area contributed by atoms with Gasteiger partial charge in [-0.1, -0.05) is 30.3 Å². The molecule has 1 unspecified atom stereocenters. The molecule has 9 nitrogen and oxygen atoms in total. The van der Waals surface area contributed by atoms with Crippen LogP contribution in [-0.2, 0) is 25.5 Å². The third kappa shape index (κ3) is 9.17. The summed E-state index contributed by atoms with van der Waals surface area (Å²) in [6, 6.07) is 7.97. The molecule has 0 spiro atoms. The maximum absolute atomic E-state index is 12.7. The Kier molecular flexibility index (Phi) is 8.99. The number of ether oxygens (including phenoxy) is 2. The highest BCUT2D eigenvalue weighted by Gasteiger charge is 2.27. The van der Waals surface area contributed by atoms with E-state index in [0.717, 1.165) is 12.0 Å². The fourth-order valence-corrected chi connectivity index (χ4v) is 3.09. The normalized spacial score (nSPS) is 16.8. The van der Waals surface area contributed by atoms with Crippen molar-refractivity contribution >= 4 is 23.9 Å². The maximum atomic E-state index is 12.7. The summed E-state index contributed by atoms with van der Waals surface area (Å²) in [5.41, 5.74) is 0.176. The first-order valence-corrected chi connectivity index (χ1v) is 10.4. The summed E-state index contributed by atoms with van der Waals surface area (Å²) in [6.07, 6.45) is 0.133. The van der Waals surface area contributed by atoms with Gasteiger partial charge in [-0.25, -0.2) is 14.4 Å². The van der Waals surface area contributed by atoms with Crippen molar-refractivity contribution in [1.29, 1.82) is 0 Å². The lowest BCUT2D eigenvalue weighted by atomic mass is 10.0. The molecule has 1 aromatic rings. The molecule has 2 rings (SSSR count). The summed E-state index contributed by atoms with van der Waals surface area (Å²) in [7, 11) is 0. The van der Waals surface area contributed by atoms with Crippen LogP contribution in [0.15, 0.2) is 30.3 Å². The van der Waals surface area contributed by atoms with Crippen LogP contribution in [0.2, 0.25) is 0 Å². The summed E-state index contributed by atoms with van der Waals surface area (Å²) < 4.78 is 9.99. The molecular formula is C22H31N3O6. The molecule has 3 N–H and O–H groups in total. The molecule has 1 saturated heterocycles. The van der Waals surface area contributed by atoms with E-state index in [-0.39, 0.29) is 25.2 Å². The SMILES string of the molecule is CC(C)(C)OC(=O)NC(Cc1ccccc1)C(=O)CCNC(=O)OC(=O)[C@@H]1CCCN1. The number of ketones is 1. The van der Waals surface area contributed by atoms with Crippen LogP contribution in [0.1, 0.15) is 45.6 Å². The van der Waals surface area contributed by atoms with Crippen molar-refractivity contribution in [3.8, 4) is 0 Å². The van der Waals surface area contributed by atoms with E-state index in [1.54, 1.807) is 20.8 Å². The average Bonchev–Trinajstić information content (AvgIpc) is 3.21. The molecule has 9 heteroatoms. The Balaban J connectivity index is 1.86. The van der Waals surface area contributed by atoms with Crippen molar-refractivity contribution in [1.82, 2.24) is 16.0 Å². The van der Waals surface area contributed by atoms with Crippen LogP contribution in [0.3, 0.4) is 0 Å². The Morgan fingerprint density at radius 2 is 1.84 bits per heavy atom. The van der Waals surface area contributed by atoms with Crippen molar-refractivity contribution in [3.63, 3.8) is 0 Å². The number of esters is 1. The number of carbonyl (C=O) groups is 4. The molecule has 0 aromatic heterocycles. The number of alkyl carbamates (subject to hydrolysis) is 2. The van der Waals surface area contributed by atoms with Crippen molar-refractivity contribution in [2.24, 2.45) is 0 Å². The average molecular weight is 434 g/mol. The molecule has 1 aliphatic heterocycles. The van der Waals surface area contributed by atoms with Gasteiger partial charge in [-0.2, -0.15) is 0 Å². The van der Waals surface area contributed by atoms with Gasteiger partial charge in [0.2, 0.25) is 0 Å². The Hall–Kier alpha value is -2.94. The zero-order valence-electron chi connectivity index (χ0n) is 18.2. The summed E-state index contributed by atoms with van der Waals surface area (Å²) in [5.74, 6) is -0.909. The largest absolute Gasteiger partial charge is 0.444 e. The van der Waals surface area contributed by atoms with Crippen molar-refractivity contribution in [2.75, 3.05) is 13.1 Å². The third-order valence-electron chi connectivity index (χ3n) is 4.54. The van der Waals surface area contributed by atoms with E-state index in [1.165, 1.54) is 0 Å². The number of rotatable bonds is 8. The first kappa shape index (κ1) is 24.3. The first-order valence-electron chi connectivity index (χ1n) is 10.4. The van der Waals surface area contributed by atoms with E-state index in [0.29, 0.717) is 13.0 Å². The van der Waals surface area contributed by atoms with Crippen LogP contribution in [0.4, 0.5) is 9.59 Å². The van der Waals surface area contributed by atoms with Crippen LogP contribution < -0.4 is 16.0 Å². The van der Waals surface area contributed by atoms with Crippen LogP contribution in [0.25, 0.3) is 0 Å². The van der Waals surface area contributed by atoms with Crippen molar-refractivity contribution < 1.29 is 28.7 Å². The Labute approximate surface area is 182 Å². The van der Waals surface area contributed by atoms with Crippen LogP contribution in [-0.4, -0.2) is 54.7 Å². The summed E-state index contributed by atoms with van der Waals surface area (Å²) in [6.45, 7) is 5.89. The van der Waals surface area contributed by atoms with E-state index < -0.39 is 35.8 Å². The second kappa shape index (κ2) is 11.5. The fourth-order valence-electron chi connectivity index (χ4n) is 3.09. The molecule has 1 aromatic carbocycles. The third-order valence-corrected chi connectivity index (χ3v) is 4.54. The van der Waals surface area contributed by atoms with Crippen molar-refractivity contribution in [3.05, 3.63) is 35.9 Å².